The van der Waals surface area contributed by atoms with E-state index in [-0.39, 0.29) is 18.1 Å². The predicted octanol–water partition coefficient (Wildman–Crippen LogP) is 0.863. The minimum absolute atomic E-state index is 0.0503. The summed E-state index contributed by atoms with van der Waals surface area (Å²) in [5.74, 6) is 0.321. The first-order valence-corrected chi connectivity index (χ1v) is 4.08. The van der Waals surface area contributed by atoms with Crippen molar-refractivity contribution in [3.05, 3.63) is 17.7 Å². The zero-order valence-electron chi connectivity index (χ0n) is 7.27. The molecule has 0 radical (unpaired) electrons. The van der Waals surface area contributed by atoms with Crippen LogP contribution in [0.3, 0.4) is 0 Å². The molecule has 2 rings (SSSR count). The highest BCUT2D eigenvalue weighted by Gasteiger charge is 2.20. The second-order valence-corrected chi connectivity index (χ2v) is 3.07. The number of phenolic OH excluding ortho intramolecular Hbond substituents is 2. The highest BCUT2D eigenvalue weighted by atomic mass is 16.5. The van der Waals surface area contributed by atoms with Gasteiger partial charge in [-0.25, -0.2) is 0 Å². The van der Waals surface area contributed by atoms with Gasteiger partial charge in [-0.2, -0.15) is 0 Å². The van der Waals surface area contributed by atoms with E-state index in [2.05, 4.69) is 5.16 Å². The zero-order chi connectivity index (χ0) is 10.1. The van der Waals surface area contributed by atoms with Gasteiger partial charge in [0, 0.05) is 24.1 Å². The third kappa shape index (κ3) is 1.32. The number of hydrogen-bond acceptors (Lipinski definition) is 5. The van der Waals surface area contributed by atoms with Crippen LogP contribution in [0.2, 0.25) is 0 Å². The molecule has 0 atom stereocenters. The van der Waals surface area contributed by atoms with Crippen molar-refractivity contribution >= 4 is 5.71 Å². The van der Waals surface area contributed by atoms with E-state index < -0.39 is 0 Å². The molecular weight excluding hydrogens is 186 g/mol. The van der Waals surface area contributed by atoms with E-state index in [1.807, 2.05) is 0 Å². The number of rotatable bonds is 0. The summed E-state index contributed by atoms with van der Waals surface area (Å²) in [7, 11) is 0. The lowest BCUT2D eigenvalue weighted by atomic mass is 10.0. The van der Waals surface area contributed by atoms with Crippen LogP contribution in [0.15, 0.2) is 17.3 Å². The van der Waals surface area contributed by atoms with Gasteiger partial charge in [0.15, 0.2) is 0 Å². The highest BCUT2D eigenvalue weighted by Crippen LogP contribution is 2.35. The molecule has 14 heavy (non-hydrogen) atoms. The summed E-state index contributed by atoms with van der Waals surface area (Å²) < 4.78 is 5.18. The summed E-state index contributed by atoms with van der Waals surface area (Å²) in [6.45, 7) is 0.173. The molecule has 1 aliphatic heterocycles. The third-order valence-electron chi connectivity index (χ3n) is 2.09. The van der Waals surface area contributed by atoms with Crippen LogP contribution >= 0.6 is 0 Å². The van der Waals surface area contributed by atoms with Crippen molar-refractivity contribution in [1.82, 2.24) is 0 Å². The molecule has 5 nitrogen and oxygen atoms in total. The van der Waals surface area contributed by atoms with Crippen molar-refractivity contribution in [3.8, 4) is 17.2 Å². The van der Waals surface area contributed by atoms with Gasteiger partial charge in [-0.3, -0.25) is 0 Å². The first kappa shape index (κ1) is 8.68. The molecule has 0 unspecified atom stereocenters. The molecule has 0 fully saturated rings. The molecule has 1 aromatic rings. The van der Waals surface area contributed by atoms with Crippen molar-refractivity contribution in [3.63, 3.8) is 0 Å². The maximum atomic E-state index is 9.47. The van der Waals surface area contributed by atoms with Gasteiger partial charge in [0.05, 0.1) is 5.71 Å². The van der Waals surface area contributed by atoms with Crippen LogP contribution in [0.4, 0.5) is 0 Å². The summed E-state index contributed by atoms with van der Waals surface area (Å²) in [6, 6.07) is 2.64. The molecule has 0 spiro atoms. The van der Waals surface area contributed by atoms with Gasteiger partial charge in [0.1, 0.15) is 23.9 Å². The number of benzene rings is 1. The normalized spacial score (nSPS) is 17.6. The summed E-state index contributed by atoms with van der Waals surface area (Å²) in [5.41, 5.74) is 0.973. The van der Waals surface area contributed by atoms with Crippen molar-refractivity contribution < 1.29 is 20.2 Å². The Morgan fingerprint density at radius 3 is 2.79 bits per heavy atom. The standard InChI is InChI=1S/C9H9NO4/c11-6-2-8(12)7-1-5(10-13)4-14-9(7)3-6/h2-3,11-13H,1,4H2/b10-5-. The summed E-state index contributed by atoms with van der Waals surface area (Å²) >= 11 is 0. The van der Waals surface area contributed by atoms with Crippen LogP contribution in [0.1, 0.15) is 5.56 Å². The third-order valence-corrected chi connectivity index (χ3v) is 2.09. The van der Waals surface area contributed by atoms with E-state index in [9.17, 15) is 10.2 Å². The van der Waals surface area contributed by atoms with E-state index in [0.717, 1.165) is 0 Å². The Morgan fingerprint density at radius 1 is 1.29 bits per heavy atom. The lowest BCUT2D eigenvalue weighted by Gasteiger charge is -2.18. The van der Waals surface area contributed by atoms with Crippen LogP contribution in [0, 0.1) is 0 Å². The molecule has 5 heteroatoms. The maximum Gasteiger partial charge on any atom is 0.130 e. The van der Waals surface area contributed by atoms with Gasteiger partial charge in [-0.1, -0.05) is 5.16 Å². The number of nitrogens with zero attached hydrogens (tertiary/aromatic N) is 1. The lowest BCUT2D eigenvalue weighted by Crippen LogP contribution is -2.20. The zero-order valence-corrected chi connectivity index (χ0v) is 7.27. The SMILES string of the molecule is O/N=C1\COc2cc(O)cc(O)c2C1. The van der Waals surface area contributed by atoms with Gasteiger partial charge >= 0.3 is 0 Å². The van der Waals surface area contributed by atoms with Crippen LogP contribution in [0.5, 0.6) is 17.2 Å². The fourth-order valence-electron chi connectivity index (χ4n) is 1.40. The van der Waals surface area contributed by atoms with Crippen LogP contribution < -0.4 is 4.74 Å². The number of fused-ring (bicyclic) bond motifs is 1. The monoisotopic (exact) mass is 195 g/mol. The molecule has 74 valence electrons. The second kappa shape index (κ2) is 3.10. The number of hydrogen-bond donors (Lipinski definition) is 3. The Morgan fingerprint density at radius 2 is 2.07 bits per heavy atom. The topological polar surface area (TPSA) is 82.3 Å². The molecular formula is C9H9NO4. The van der Waals surface area contributed by atoms with Crippen molar-refractivity contribution in [2.45, 2.75) is 6.42 Å². The summed E-state index contributed by atoms with van der Waals surface area (Å²) in [5, 5.41) is 30.2. The smallest absolute Gasteiger partial charge is 0.130 e. The van der Waals surface area contributed by atoms with E-state index in [0.29, 0.717) is 23.4 Å². The van der Waals surface area contributed by atoms with Gasteiger partial charge in [0.2, 0.25) is 0 Å². The molecule has 0 bridgehead atoms. The van der Waals surface area contributed by atoms with Crippen molar-refractivity contribution in [1.29, 1.82) is 0 Å². The Hall–Kier alpha value is -1.91. The molecule has 0 saturated carbocycles. The molecule has 1 heterocycles. The Kier molecular flexibility index (Phi) is 1.92. The second-order valence-electron chi connectivity index (χ2n) is 3.07. The Labute approximate surface area is 79.9 Å². The average Bonchev–Trinajstić information content (AvgIpc) is 2.17. The number of aromatic hydroxyl groups is 2. The molecule has 1 aliphatic rings. The quantitative estimate of drug-likeness (QED) is 0.423. The number of ether oxygens (including phenoxy) is 1. The molecule has 1 aromatic carbocycles. The largest absolute Gasteiger partial charge is 0.508 e. The average molecular weight is 195 g/mol. The Bertz CT molecular complexity index is 400. The maximum absolute atomic E-state index is 9.47. The molecule has 0 aliphatic carbocycles. The molecule has 0 amide bonds. The van der Waals surface area contributed by atoms with E-state index >= 15 is 0 Å². The van der Waals surface area contributed by atoms with Gasteiger partial charge in [-0.05, 0) is 0 Å². The van der Waals surface area contributed by atoms with Crippen molar-refractivity contribution in [2.75, 3.05) is 6.61 Å². The van der Waals surface area contributed by atoms with Gasteiger partial charge in [0.25, 0.3) is 0 Å². The van der Waals surface area contributed by atoms with Crippen LogP contribution in [0.25, 0.3) is 0 Å². The lowest BCUT2D eigenvalue weighted by molar-refractivity contribution is 0.299. The fraction of sp³-hybridized carbons (Fsp3) is 0.222. The van der Waals surface area contributed by atoms with Crippen LogP contribution in [-0.2, 0) is 6.42 Å². The van der Waals surface area contributed by atoms with Crippen molar-refractivity contribution in [2.24, 2.45) is 5.16 Å². The van der Waals surface area contributed by atoms with E-state index in [1.165, 1.54) is 12.1 Å². The Balaban J connectivity index is 2.47. The summed E-state index contributed by atoms with van der Waals surface area (Å²) in [4.78, 5) is 0. The first-order chi connectivity index (χ1) is 6.70. The van der Waals surface area contributed by atoms with Gasteiger partial charge < -0.3 is 20.2 Å². The molecule has 0 saturated heterocycles. The van der Waals surface area contributed by atoms with Crippen LogP contribution in [-0.4, -0.2) is 27.7 Å². The minimum atomic E-state index is -0.0548. The molecule has 3 N–H and O–H groups in total. The van der Waals surface area contributed by atoms with Gasteiger partial charge in [-0.15, -0.1) is 0 Å². The first-order valence-electron chi connectivity index (χ1n) is 4.08. The fourth-order valence-corrected chi connectivity index (χ4v) is 1.40. The minimum Gasteiger partial charge on any atom is -0.508 e. The number of oxime groups is 1. The number of phenols is 2. The molecule has 0 aromatic heterocycles. The van der Waals surface area contributed by atoms with E-state index in [1.54, 1.807) is 0 Å². The summed E-state index contributed by atoms with van der Waals surface area (Å²) in [6.07, 6.45) is 0.331. The predicted molar refractivity (Wildman–Crippen MR) is 48.2 cm³/mol. The highest BCUT2D eigenvalue weighted by molar-refractivity contribution is 5.90. The van der Waals surface area contributed by atoms with E-state index in [4.69, 9.17) is 9.94 Å².